The van der Waals surface area contributed by atoms with E-state index < -0.39 is 10.7 Å². The lowest BCUT2D eigenvalue weighted by atomic mass is 9.98. The highest BCUT2D eigenvalue weighted by atomic mass is 19.1. The summed E-state index contributed by atoms with van der Waals surface area (Å²) in [6.45, 7) is 3.43. The van der Waals surface area contributed by atoms with Crippen molar-refractivity contribution >= 4 is 5.69 Å². The van der Waals surface area contributed by atoms with Crippen molar-refractivity contribution in [3.63, 3.8) is 0 Å². The zero-order valence-electron chi connectivity index (χ0n) is 11.1. The Kier molecular flexibility index (Phi) is 4.47. The molecule has 0 amide bonds. The van der Waals surface area contributed by atoms with Crippen molar-refractivity contribution in [3.8, 4) is 0 Å². The topological polar surface area (TPSA) is 55.2 Å². The maximum Gasteiger partial charge on any atom is 0.274 e. The first-order valence-electron chi connectivity index (χ1n) is 6.71. The molecule has 104 valence electrons. The molecule has 4 nitrogen and oxygen atoms in total. The molecule has 0 heterocycles. The van der Waals surface area contributed by atoms with Gasteiger partial charge in [0.05, 0.1) is 4.92 Å². The van der Waals surface area contributed by atoms with Gasteiger partial charge in [-0.25, -0.2) is 4.39 Å². The lowest BCUT2D eigenvalue weighted by Crippen LogP contribution is -2.24. The predicted octanol–water partition coefficient (Wildman–Crippen LogP) is 3.26. The lowest BCUT2D eigenvalue weighted by Gasteiger charge is -2.15. The molecule has 1 aromatic rings. The molecule has 2 atom stereocenters. The average molecular weight is 266 g/mol. The van der Waals surface area contributed by atoms with E-state index in [4.69, 9.17) is 0 Å². The Morgan fingerprint density at radius 3 is 2.89 bits per heavy atom. The fraction of sp³-hybridized carbons (Fsp3) is 0.571. The molecule has 19 heavy (non-hydrogen) atoms. The van der Waals surface area contributed by atoms with Crippen molar-refractivity contribution in [1.82, 2.24) is 5.32 Å². The Morgan fingerprint density at radius 1 is 1.47 bits per heavy atom. The number of nitrogens with zero attached hydrogens (tertiary/aromatic N) is 1. The van der Waals surface area contributed by atoms with E-state index in [1.807, 2.05) is 0 Å². The summed E-state index contributed by atoms with van der Waals surface area (Å²) in [5.74, 6) is 0.902. The summed E-state index contributed by atoms with van der Waals surface area (Å²) >= 11 is 0. The second-order valence-corrected chi connectivity index (χ2v) is 5.33. The number of benzene rings is 1. The van der Waals surface area contributed by atoms with Crippen LogP contribution in [0.4, 0.5) is 10.1 Å². The molecule has 0 aromatic heterocycles. The Hall–Kier alpha value is -1.49. The first kappa shape index (κ1) is 13.9. The van der Waals surface area contributed by atoms with Gasteiger partial charge in [0.2, 0.25) is 0 Å². The van der Waals surface area contributed by atoms with Gasteiger partial charge in [-0.2, -0.15) is 0 Å². The van der Waals surface area contributed by atoms with Crippen LogP contribution in [0.2, 0.25) is 0 Å². The van der Waals surface area contributed by atoms with E-state index in [1.165, 1.54) is 31.4 Å². The minimum absolute atomic E-state index is 0.0200. The van der Waals surface area contributed by atoms with E-state index in [0.717, 1.165) is 12.6 Å². The first-order chi connectivity index (χ1) is 9.08. The van der Waals surface area contributed by atoms with E-state index in [9.17, 15) is 14.5 Å². The van der Waals surface area contributed by atoms with Gasteiger partial charge in [-0.15, -0.1) is 0 Å². The largest absolute Gasteiger partial charge is 0.312 e. The first-order valence-corrected chi connectivity index (χ1v) is 6.71. The number of rotatable bonds is 5. The molecule has 0 bridgehead atoms. The summed E-state index contributed by atoms with van der Waals surface area (Å²) in [6.07, 6.45) is 3.72. The summed E-state index contributed by atoms with van der Waals surface area (Å²) in [5, 5.41) is 14.1. The van der Waals surface area contributed by atoms with Crippen molar-refractivity contribution in [2.45, 2.75) is 32.7 Å². The SMILES string of the molecule is CC1CCCC1CNCc1cc(F)ccc1[N+](=O)[O-]. The van der Waals surface area contributed by atoms with Crippen molar-refractivity contribution < 1.29 is 9.31 Å². The smallest absolute Gasteiger partial charge is 0.274 e. The van der Waals surface area contributed by atoms with Gasteiger partial charge in [0.15, 0.2) is 0 Å². The van der Waals surface area contributed by atoms with Gasteiger partial charge in [0.25, 0.3) is 5.69 Å². The van der Waals surface area contributed by atoms with Crippen LogP contribution in [0, 0.1) is 27.8 Å². The maximum absolute atomic E-state index is 13.2. The number of halogens is 1. The minimum atomic E-state index is -0.464. The lowest BCUT2D eigenvalue weighted by molar-refractivity contribution is -0.385. The molecule has 1 aliphatic rings. The Balaban J connectivity index is 1.95. The van der Waals surface area contributed by atoms with Crippen LogP contribution in [0.1, 0.15) is 31.7 Å². The second kappa shape index (κ2) is 6.10. The Morgan fingerprint density at radius 2 is 2.26 bits per heavy atom. The molecule has 1 N–H and O–H groups in total. The standard InChI is InChI=1S/C14H19FN2O2/c1-10-3-2-4-11(10)8-16-9-12-7-13(15)5-6-14(12)17(18)19/h5-7,10-11,16H,2-4,8-9H2,1H3. The summed E-state index contributed by atoms with van der Waals surface area (Å²) in [5.41, 5.74) is 0.393. The average Bonchev–Trinajstić information content (AvgIpc) is 2.75. The summed E-state index contributed by atoms with van der Waals surface area (Å²) < 4.78 is 13.2. The van der Waals surface area contributed by atoms with Crippen LogP contribution in [0.3, 0.4) is 0 Å². The van der Waals surface area contributed by atoms with Crippen molar-refractivity contribution in [2.75, 3.05) is 6.54 Å². The van der Waals surface area contributed by atoms with Crippen molar-refractivity contribution in [1.29, 1.82) is 0 Å². The molecule has 1 aromatic carbocycles. The second-order valence-electron chi connectivity index (χ2n) is 5.33. The molecule has 1 fully saturated rings. The van der Waals surface area contributed by atoms with Gasteiger partial charge in [0, 0.05) is 18.2 Å². The molecule has 1 saturated carbocycles. The van der Waals surface area contributed by atoms with Crippen LogP contribution >= 0.6 is 0 Å². The molecule has 2 rings (SSSR count). The molecule has 5 heteroatoms. The Labute approximate surface area is 112 Å². The highest BCUT2D eigenvalue weighted by Gasteiger charge is 2.23. The summed E-state index contributed by atoms with van der Waals surface area (Å²) in [4.78, 5) is 10.4. The van der Waals surface area contributed by atoms with Crippen LogP contribution < -0.4 is 5.32 Å². The molecule has 0 radical (unpaired) electrons. The third-order valence-corrected chi connectivity index (χ3v) is 4.00. The monoisotopic (exact) mass is 266 g/mol. The number of hydrogen-bond acceptors (Lipinski definition) is 3. The van der Waals surface area contributed by atoms with Gasteiger partial charge in [-0.3, -0.25) is 10.1 Å². The van der Waals surface area contributed by atoms with Gasteiger partial charge in [-0.05, 0) is 36.9 Å². The van der Waals surface area contributed by atoms with Gasteiger partial charge < -0.3 is 5.32 Å². The number of nitro groups is 1. The van der Waals surface area contributed by atoms with Gasteiger partial charge >= 0.3 is 0 Å². The molecule has 1 aliphatic carbocycles. The van der Waals surface area contributed by atoms with Crippen LogP contribution in [0.5, 0.6) is 0 Å². The maximum atomic E-state index is 13.2. The van der Waals surface area contributed by atoms with Gasteiger partial charge in [-0.1, -0.05) is 19.8 Å². The van der Waals surface area contributed by atoms with Crippen LogP contribution in [0.25, 0.3) is 0 Å². The fourth-order valence-electron chi connectivity index (χ4n) is 2.79. The normalized spacial score (nSPS) is 22.6. The van der Waals surface area contributed by atoms with E-state index >= 15 is 0 Å². The van der Waals surface area contributed by atoms with E-state index in [0.29, 0.717) is 23.9 Å². The van der Waals surface area contributed by atoms with E-state index in [-0.39, 0.29) is 5.69 Å². The van der Waals surface area contributed by atoms with Gasteiger partial charge in [0.1, 0.15) is 5.82 Å². The summed E-state index contributed by atoms with van der Waals surface area (Å²) in [7, 11) is 0. The Bertz CT molecular complexity index is 465. The van der Waals surface area contributed by atoms with Crippen LogP contribution in [-0.2, 0) is 6.54 Å². The molecule has 0 aliphatic heterocycles. The van der Waals surface area contributed by atoms with Crippen LogP contribution in [0.15, 0.2) is 18.2 Å². The molecule has 2 unspecified atom stereocenters. The number of nitro benzene ring substituents is 1. The van der Waals surface area contributed by atoms with Crippen molar-refractivity contribution in [3.05, 3.63) is 39.7 Å². The quantitative estimate of drug-likeness (QED) is 0.657. The zero-order valence-corrected chi connectivity index (χ0v) is 11.1. The number of hydrogen-bond donors (Lipinski definition) is 1. The minimum Gasteiger partial charge on any atom is -0.312 e. The van der Waals surface area contributed by atoms with Crippen LogP contribution in [-0.4, -0.2) is 11.5 Å². The zero-order chi connectivity index (χ0) is 13.8. The molecule has 0 saturated heterocycles. The summed E-state index contributed by atoms with van der Waals surface area (Å²) in [6, 6.07) is 3.59. The van der Waals surface area contributed by atoms with Crippen molar-refractivity contribution in [2.24, 2.45) is 11.8 Å². The highest BCUT2D eigenvalue weighted by molar-refractivity contribution is 5.40. The third-order valence-electron chi connectivity index (χ3n) is 4.00. The number of nitrogens with one attached hydrogen (secondary N) is 1. The molecular formula is C14H19FN2O2. The fourth-order valence-corrected chi connectivity index (χ4v) is 2.79. The van der Waals surface area contributed by atoms with E-state index in [1.54, 1.807) is 0 Å². The predicted molar refractivity (Wildman–Crippen MR) is 71.3 cm³/mol. The highest BCUT2D eigenvalue weighted by Crippen LogP contribution is 2.30. The van der Waals surface area contributed by atoms with E-state index in [2.05, 4.69) is 12.2 Å². The third kappa shape index (κ3) is 3.50. The molecule has 0 spiro atoms. The molecular weight excluding hydrogens is 247 g/mol.